The zero-order chi connectivity index (χ0) is 21.9. The summed E-state index contributed by atoms with van der Waals surface area (Å²) in [5, 5.41) is 4.22. The number of ether oxygens (including phenoxy) is 2. The fourth-order valence-electron chi connectivity index (χ4n) is 3.49. The van der Waals surface area contributed by atoms with Gasteiger partial charge in [0.15, 0.2) is 5.82 Å². The lowest BCUT2D eigenvalue weighted by Gasteiger charge is -2.14. The maximum atomic E-state index is 13.7. The van der Waals surface area contributed by atoms with E-state index in [0.29, 0.717) is 29.9 Å². The Hall–Kier alpha value is -2.71. The van der Waals surface area contributed by atoms with E-state index < -0.39 is 10.0 Å². The number of aromatic nitrogens is 3. The lowest BCUT2D eigenvalue weighted by Crippen LogP contribution is -2.19. The van der Waals surface area contributed by atoms with E-state index in [2.05, 4.69) is 10.1 Å². The molecule has 0 aliphatic carbocycles. The molecular weight excluding hydrogens is 402 g/mol. The molecule has 3 rings (SSSR count). The summed E-state index contributed by atoms with van der Waals surface area (Å²) in [5.74, 6) is 0.221. The molecule has 0 spiro atoms. The Labute approximate surface area is 177 Å². The molecule has 0 amide bonds. The van der Waals surface area contributed by atoms with E-state index >= 15 is 0 Å². The first kappa shape index (κ1) is 22.0. The van der Waals surface area contributed by atoms with Gasteiger partial charge in [-0.1, -0.05) is 47.1 Å². The molecule has 0 atom stereocenters. The van der Waals surface area contributed by atoms with Crippen LogP contribution in [0.5, 0.6) is 6.01 Å². The molecule has 0 N–H and O–H groups in total. The van der Waals surface area contributed by atoms with Crippen molar-refractivity contribution in [3.05, 3.63) is 58.7 Å². The van der Waals surface area contributed by atoms with Crippen LogP contribution in [0.15, 0.2) is 41.3 Å². The van der Waals surface area contributed by atoms with Crippen molar-refractivity contribution < 1.29 is 17.9 Å². The minimum atomic E-state index is -4.00. The molecular formula is C22H27N3O4S. The summed E-state index contributed by atoms with van der Waals surface area (Å²) < 4.78 is 39.1. The molecule has 7 nitrogen and oxygen atoms in total. The normalized spacial score (nSPS) is 11.6. The van der Waals surface area contributed by atoms with E-state index in [0.717, 1.165) is 15.2 Å². The van der Waals surface area contributed by atoms with E-state index in [-0.39, 0.29) is 23.3 Å². The largest absolute Gasteiger partial charge is 0.460 e. The minimum Gasteiger partial charge on any atom is -0.460 e. The molecule has 8 heteroatoms. The van der Waals surface area contributed by atoms with Gasteiger partial charge >= 0.3 is 6.01 Å². The van der Waals surface area contributed by atoms with Crippen molar-refractivity contribution in [3.8, 4) is 17.4 Å². The van der Waals surface area contributed by atoms with Crippen LogP contribution in [0.2, 0.25) is 0 Å². The van der Waals surface area contributed by atoms with Crippen LogP contribution in [0.4, 0.5) is 0 Å². The molecule has 0 fully saturated rings. The summed E-state index contributed by atoms with van der Waals surface area (Å²) in [4.78, 5) is 4.63. The molecule has 0 aliphatic heterocycles. The fraction of sp³-hybridized carbons (Fsp3) is 0.364. The predicted molar refractivity (Wildman–Crippen MR) is 115 cm³/mol. The van der Waals surface area contributed by atoms with Crippen molar-refractivity contribution in [2.24, 2.45) is 0 Å². The van der Waals surface area contributed by atoms with Gasteiger partial charge in [0, 0.05) is 12.2 Å². The zero-order valence-corrected chi connectivity index (χ0v) is 18.8. The summed E-state index contributed by atoms with van der Waals surface area (Å²) >= 11 is 0. The summed E-state index contributed by atoms with van der Waals surface area (Å²) in [7, 11) is -4.00. The van der Waals surface area contributed by atoms with Gasteiger partial charge in [-0.2, -0.15) is 13.4 Å². The molecule has 0 unspecified atom stereocenters. The Bertz CT molecular complexity index is 1130. The van der Waals surface area contributed by atoms with Crippen molar-refractivity contribution in [1.82, 2.24) is 14.2 Å². The van der Waals surface area contributed by atoms with Gasteiger partial charge in [-0.05, 0) is 51.3 Å². The Morgan fingerprint density at radius 1 is 0.967 bits per heavy atom. The third-order valence-corrected chi connectivity index (χ3v) is 6.57. The van der Waals surface area contributed by atoms with Crippen LogP contribution in [0, 0.1) is 27.7 Å². The highest BCUT2D eigenvalue weighted by molar-refractivity contribution is 7.90. The van der Waals surface area contributed by atoms with Gasteiger partial charge in [0.05, 0.1) is 11.5 Å². The zero-order valence-electron chi connectivity index (χ0n) is 18.0. The van der Waals surface area contributed by atoms with Crippen LogP contribution in [-0.2, 0) is 14.8 Å². The van der Waals surface area contributed by atoms with Gasteiger partial charge in [0.25, 0.3) is 10.0 Å². The lowest BCUT2D eigenvalue weighted by atomic mass is 10.1. The topological polar surface area (TPSA) is 83.3 Å². The van der Waals surface area contributed by atoms with Gasteiger partial charge in [0.2, 0.25) is 0 Å². The standard InChI is InChI=1S/C22H27N3O4S/c1-6-28-11-12-29-22-23-21(19-10-8-7-9-16(19)3)25(24-22)30(26,27)20-17(4)13-15(2)14-18(20)5/h7-10,13-14H,6,11-12H2,1-5H3. The Balaban J connectivity index is 2.15. The van der Waals surface area contributed by atoms with Gasteiger partial charge in [-0.15, -0.1) is 4.09 Å². The van der Waals surface area contributed by atoms with Crippen LogP contribution in [0.1, 0.15) is 29.2 Å². The van der Waals surface area contributed by atoms with Crippen molar-refractivity contribution in [2.75, 3.05) is 19.8 Å². The maximum absolute atomic E-state index is 13.7. The molecule has 2 aromatic carbocycles. The highest BCUT2D eigenvalue weighted by atomic mass is 32.2. The summed E-state index contributed by atoms with van der Waals surface area (Å²) in [6.45, 7) is 10.5. The second kappa shape index (κ2) is 8.97. The number of nitrogens with zero attached hydrogens (tertiary/aromatic N) is 3. The lowest BCUT2D eigenvalue weighted by molar-refractivity contribution is 0.106. The van der Waals surface area contributed by atoms with Gasteiger partial charge in [-0.3, -0.25) is 0 Å². The predicted octanol–water partition coefficient (Wildman–Crippen LogP) is 3.83. The number of rotatable bonds is 8. The Morgan fingerprint density at radius 2 is 1.63 bits per heavy atom. The number of aryl methyl sites for hydroxylation is 4. The molecule has 160 valence electrons. The van der Waals surface area contributed by atoms with Crippen LogP contribution in [0.3, 0.4) is 0 Å². The van der Waals surface area contributed by atoms with E-state index in [1.165, 1.54) is 0 Å². The number of benzene rings is 2. The molecule has 0 aliphatic rings. The second-order valence-electron chi connectivity index (χ2n) is 7.15. The SMILES string of the molecule is CCOCCOc1nc(-c2ccccc2C)n(S(=O)(=O)c2c(C)cc(C)cc2C)n1. The first-order valence-corrected chi connectivity index (χ1v) is 11.3. The third kappa shape index (κ3) is 4.39. The second-order valence-corrected chi connectivity index (χ2v) is 8.86. The third-order valence-electron chi connectivity index (χ3n) is 4.70. The molecule has 1 aromatic heterocycles. The highest BCUT2D eigenvalue weighted by Crippen LogP contribution is 2.30. The average molecular weight is 430 g/mol. The maximum Gasteiger partial charge on any atom is 0.337 e. The number of hydrogen-bond donors (Lipinski definition) is 0. The monoisotopic (exact) mass is 429 g/mol. The average Bonchev–Trinajstić information content (AvgIpc) is 3.09. The first-order chi connectivity index (χ1) is 14.3. The summed E-state index contributed by atoms with van der Waals surface area (Å²) in [6.07, 6.45) is 0. The van der Waals surface area contributed by atoms with Crippen molar-refractivity contribution >= 4 is 10.0 Å². The van der Waals surface area contributed by atoms with Gasteiger partial charge in [-0.25, -0.2) is 0 Å². The minimum absolute atomic E-state index is 0.000973. The van der Waals surface area contributed by atoms with Gasteiger partial charge in [0.1, 0.15) is 6.61 Å². The van der Waals surface area contributed by atoms with Crippen molar-refractivity contribution in [3.63, 3.8) is 0 Å². The van der Waals surface area contributed by atoms with E-state index in [9.17, 15) is 8.42 Å². The van der Waals surface area contributed by atoms with Crippen LogP contribution in [0.25, 0.3) is 11.4 Å². The highest BCUT2D eigenvalue weighted by Gasteiger charge is 2.29. The summed E-state index contributed by atoms with van der Waals surface area (Å²) in [6, 6.07) is 11.2. The molecule has 0 saturated heterocycles. The van der Waals surface area contributed by atoms with E-state index in [4.69, 9.17) is 9.47 Å². The van der Waals surface area contributed by atoms with Crippen LogP contribution < -0.4 is 4.74 Å². The van der Waals surface area contributed by atoms with Gasteiger partial charge < -0.3 is 9.47 Å². The molecule has 0 radical (unpaired) electrons. The fourth-order valence-corrected chi connectivity index (χ4v) is 5.14. The quantitative estimate of drug-likeness (QED) is 0.506. The molecule has 0 saturated carbocycles. The Kier molecular flexibility index (Phi) is 6.58. The number of hydrogen-bond acceptors (Lipinski definition) is 6. The molecule has 30 heavy (non-hydrogen) atoms. The van der Waals surface area contributed by atoms with Crippen LogP contribution >= 0.6 is 0 Å². The van der Waals surface area contributed by atoms with Crippen molar-refractivity contribution in [2.45, 2.75) is 39.5 Å². The molecule has 3 aromatic rings. The molecule has 0 bridgehead atoms. The van der Waals surface area contributed by atoms with Crippen molar-refractivity contribution in [1.29, 1.82) is 0 Å². The first-order valence-electron chi connectivity index (χ1n) is 9.82. The van der Waals surface area contributed by atoms with E-state index in [1.807, 2.05) is 57.2 Å². The van der Waals surface area contributed by atoms with E-state index in [1.54, 1.807) is 13.8 Å². The summed E-state index contributed by atoms with van der Waals surface area (Å²) in [5.41, 5.74) is 3.90. The van der Waals surface area contributed by atoms with Crippen LogP contribution in [-0.4, -0.2) is 42.4 Å². The smallest absolute Gasteiger partial charge is 0.337 e. The molecule has 1 heterocycles. The Morgan fingerprint density at radius 3 is 2.27 bits per heavy atom.